The zero-order valence-corrected chi connectivity index (χ0v) is 15.1. The molecule has 0 saturated heterocycles. The largest absolute Gasteiger partial charge is 0.328 e. The quantitative estimate of drug-likeness (QED) is 0.675. The van der Waals surface area contributed by atoms with E-state index in [1.807, 2.05) is 0 Å². The Balaban J connectivity index is 1.66. The van der Waals surface area contributed by atoms with Crippen LogP contribution in [0.1, 0.15) is 78.6 Å². The lowest BCUT2D eigenvalue weighted by Gasteiger charge is -2.34. The minimum atomic E-state index is 0.459. The van der Waals surface area contributed by atoms with Crippen molar-refractivity contribution in [2.45, 2.75) is 103 Å². The van der Waals surface area contributed by atoms with E-state index in [9.17, 15) is 0 Å². The van der Waals surface area contributed by atoms with Crippen molar-refractivity contribution in [2.24, 2.45) is 17.6 Å². The molecule has 0 spiro atoms. The molecular weight excluding hydrogens is 270 g/mol. The number of hydrogen-bond acceptors (Lipinski definition) is 3. The first-order valence-corrected chi connectivity index (χ1v) is 9.78. The molecule has 0 heterocycles. The predicted molar refractivity (Wildman–Crippen MR) is 96.0 cm³/mol. The minimum Gasteiger partial charge on any atom is -0.328 e. The van der Waals surface area contributed by atoms with Crippen LogP contribution in [0.25, 0.3) is 0 Å². The van der Waals surface area contributed by atoms with Crippen LogP contribution in [0.15, 0.2) is 0 Å². The topological polar surface area (TPSA) is 50.1 Å². The van der Waals surface area contributed by atoms with Gasteiger partial charge in [-0.15, -0.1) is 0 Å². The molecule has 2 saturated carbocycles. The highest BCUT2D eigenvalue weighted by atomic mass is 14.9. The van der Waals surface area contributed by atoms with Gasteiger partial charge < -0.3 is 16.4 Å². The van der Waals surface area contributed by atoms with Crippen molar-refractivity contribution >= 4 is 0 Å². The SMILES string of the molecule is CC(C)NCC1CCCC(CC(C)NC2CCC(N)CC2)C1. The minimum absolute atomic E-state index is 0.459. The standard InChI is InChI=1S/C19H39N3/c1-14(2)21-13-17-6-4-5-16(12-17)11-15(3)22-19-9-7-18(20)8-10-19/h14-19,21-22H,4-13,20H2,1-3H3. The Bertz CT molecular complexity index is 297. The summed E-state index contributed by atoms with van der Waals surface area (Å²) in [6.45, 7) is 8.12. The van der Waals surface area contributed by atoms with Gasteiger partial charge in [-0.3, -0.25) is 0 Å². The number of rotatable bonds is 7. The molecule has 0 aromatic heterocycles. The fourth-order valence-electron chi connectivity index (χ4n) is 4.46. The van der Waals surface area contributed by atoms with E-state index in [0.717, 1.165) is 17.9 Å². The molecule has 0 radical (unpaired) electrons. The Hall–Kier alpha value is -0.120. The van der Waals surface area contributed by atoms with Crippen LogP contribution in [0.3, 0.4) is 0 Å². The molecule has 0 amide bonds. The maximum Gasteiger partial charge on any atom is 0.00706 e. The van der Waals surface area contributed by atoms with Crippen LogP contribution in [0, 0.1) is 11.8 Å². The number of hydrogen-bond donors (Lipinski definition) is 3. The van der Waals surface area contributed by atoms with Crippen LogP contribution >= 0.6 is 0 Å². The number of nitrogens with two attached hydrogens (primary N) is 1. The van der Waals surface area contributed by atoms with E-state index in [1.165, 1.54) is 64.3 Å². The maximum atomic E-state index is 6.01. The average molecular weight is 310 g/mol. The average Bonchev–Trinajstić information content (AvgIpc) is 2.48. The normalized spacial score (nSPS) is 34.8. The molecule has 4 N–H and O–H groups in total. The van der Waals surface area contributed by atoms with Crippen molar-refractivity contribution in [1.29, 1.82) is 0 Å². The van der Waals surface area contributed by atoms with Crippen molar-refractivity contribution in [3.63, 3.8) is 0 Å². The molecule has 0 aliphatic heterocycles. The summed E-state index contributed by atoms with van der Waals surface area (Å²) >= 11 is 0. The van der Waals surface area contributed by atoms with E-state index < -0.39 is 0 Å². The van der Waals surface area contributed by atoms with Gasteiger partial charge >= 0.3 is 0 Å². The molecule has 22 heavy (non-hydrogen) atoms. The van der Waals surface area contributed by atoms with Gasteiger partial charge in [-0.25, -0.2) is 0 Å². The molecule has 3 unspecified atom stereocenters. The van der Waals surface area contributed by atoms with Gasteiger partial charge in [0.1, 0.15) is 0 Å². The molecule has 2 rings (SSSR count). The zero-order valence-electron chi connectivity index (χ0n) is 15.1. The lowest BCUT2D eigenvalue weighted by Crippen LogP contribution is -2.42. The highest BCUT2D eigenvalue weighted by Gasteiger charge is 2.25. The first-order chi connectivity index (χ1) is 10.5. The molecule has 2 aliphatic rings. The monoisotopic (exact) mass is 309 g/mol. The van der Waals surface area contributed by atoms with Crippen LogP contribution < -0.4 is 16.4 Å². The van der Waals surface area contributed by atoms with E-state index in [2.05, 4.69) is 31.4 Å². The van der Waals surface area contributed by atoms with Gasteiger partial charge in [0.15, 0.2) is 0 Å². The second-order valence-corrected chi connectivity index (χ2v) is 8.38. The molecule has 130 valence electrons. The summed E-state index contributed by atoms with van der Waals surface area (Å²) in [6, 6.07) is 2.47. The summed E-state index contributed by atoms with van der Waals surface area (Å²) in [5, 5.41) is 7.51. The van der Waals surface area contributed by atoms with Gasteiger partial charge in [0, 0.05) is 24.2 Å². The van der Waals surface area contributed by atoms with Crippen molar-refractivity contribution in [3.8, 4) is 0 Å². The summed E-state index contributed by atoms with van der Waals surface area (Å²) in [6.07, 6.45) is 12.1. The Morgan fingerprint density at radius 1 is 0.955 bits per heavy atom. The highest BCUT2D eigenvalue weighted by Crippen LogP contribution is 2.32. The van der Waals surface area contributed by atoms with E-state index >= 15 is 0 Å². The van der Waals surface area contributed by atoms with Gasteiger partial charge in [0.25, 0.3) is 0 Å². The molecule has 0 aromatic carbocycles. The van der Waals surface area contributed by atoms with Crippen LogP contribution in [-0.4, -0.2) is 30.7 Å². The van der Waals surface area contributed by atoms with Gasteiger partial charge in [-0.05, 0) is 70.3 Å². The molecule has 2 fully saturated rings. The van der Waals surface area contributed by atoms with Gasteiger partial charge in [-0.1, -0.05) is 26.7 Å². The summed E-state index contributed by atoms with van der Waals surface area (Å²) in [7, 11) is 0. The first-order valence-electron chi connectivity index (χ1n) is 9.78. The molecule has 2 aliphatic carbocycles. The van der Waals surface area contributed by atoms with Gasteiger partial charge in [-0.2, -0.15) is 0 Å². The van der Waals surface area contributed by atoms with Crippen molar-refractivity contribution in [3.05, 3.63) is 0 Å². The fraction of sp³-hybridized carbons (Fsp3) is 1.00. The number of nitrogens with one attached hydrogen (secondary N) is 2. The molecule has 0 aromatic rings. The Kier molecular flexibility index (Phi) is 7.66. The Labute approximate surface area is 138 Å². The molecular formula is C19H39N3. The van der Waals surface area contributed by atoms with Crippen molar-refractivity contribution < 1.29 is 0 Å². The first kappa shape index (κ1) is 18.2. The summed E-state index contributed by atoms with van der Waals surface area (Å²) < 4.78 is 0. The summed E-state index contributed by atoms with van der Waals surface area (Å²) in [4.78, 5) is 0. The van der Waals surface area contributed by atoms with E-state index in [-0.39, 0.29) is 0 Å². The van der Waals surface area contributed by atoms with Crippen LogP contribution in [-0.2, 0) is 0 Å². The lowest BCUT2D eigenvalue weighted by atomic mass is 9.78. The third-order valence-electron chi connectivity index (χ3n) is 5.69. The predicted octanol–water partition coefficient (Wildman–Crippen LogP) is 3.43. The molecule has 3 heteroatoms. The zero-order chi connectivity index (χ0) is 15.9. The lowest BCUT2D eigenvalue weighted by molar-refractivity contribution is 0.219. The fourth-order valence-corrected chi connectivity index (χ4v) is 4.46. The Morgan fingerprint density at radius 3 is 2.32 bits per heavy atom. The van der Waals surface area contributed by atoms with Crippen molar-refractivity contribution in [1.82, 2.24) is 10.6 Å². The third-order valence-corrected chi connectivity index (χ3v) is 5.69. The van der Waals surface area contributed by atoms with E-state index in [1.54, 1.807) is 0 Å². The molecule has 0 bridgehead atoms. The second-order valence-electron chi connectivity index (χ2n) is 8.38. The smallest absolute Gasteiger partial charge is 0.00706 e. The van der Waals surface area contributed by atoms with E-state index in [4.69, 9.17) is 5.73 Å². The second kappa shape index (κ2) is 9.24. The summed E-state index contributed by atoms with van der Waals surface area (Å²) in [5.74, 6) is 1.84. The Morgan fingerprint density at radius 2 is 1.64 bits per heavy atom. The van der Waals surface area contributed by atoms with Gasteiger partial charge in [0.05, 0.1) is 0 Å². The van der Waals surface area contributed by atoms with E-state index in [0.29, 0.717) is 18.1 Å². The molecule has 3 nitrogen and oxygen atoms in total. The summed E-state index contributed by atoms with van der Waals surface area (Å²) in [5.41, 5.74) is 6.01. The molecule has 3 atom stereocenters. The van der Waals surface area contributed by atoms with Crippen LogP contribution in [0.2, 0.25) is 0 Å². The maximum absolute atomic E-state index is 6.01. The van der Waals surface area contributed by atoms with Crippen molar-refractivity contribution in [2.75, 3.05) is 6.54 Å². The third kappa shape index (κ3) is 6.55. The van der Waals surface area contributed by atoms with Crippen LogP contribution in [0.5, 0.6) is 0 Å². The van der Waals surface area contributed by atoms with Crippen LogP contribution in [0.4, 0.5) is 0 Å². The van der Waals surface area contributed by atoms with Gasteiger partial charge in [0.2, 0.25) is 0 Å². The highest BCUT2D eigenvalue weighted by molar-refractivity contribution is 4.83.